The number of rotatable bonds is 9. The highest BCUT2D eigenvalue weighted by Gasteiger charge is 2.44. The Morgan fingerprint density at radius 3 is 2.90 bits per heavy atom. The molecule has 4 rings (SSSR count). The van der Waals surface area contributed by atoms with E-state index in [4.69, 9.17) is 4.74 Å². The maximum absolute atomic E-state index is 12.1. The van der Waals surface area contributed by atoms with E-state index in [2.05, 4.69) is 15.4 Å². The molecule has 1 saturated heterocycles. The lowest BCUT2D eigenvalue weighted by Crippen LogP contribution is -2.51. The van der Waals surface area contributed by atoms with Gasteiger partial charge in [-0.05, 0) is 23.8 Å². The highest BCUT2D eigenvalue weighted by atomic mass is 32.1. The van der Waals surface area contributed by atoms with Crippen LogP contribution < -0.4 is 10.1 Å². The van der Waals surface area contributed by atoms with E-state index < -0.39 is 11.7 Å². The van der Waals surface area contributed by atoms with Gasteiger partial charge < -0.3 is 20.3 Å². The number of benzene rings is 1. The number of carbonyl (C=O) groups excluding carboxylic acids is 1. The summed E-state index contributed by atoms with van der Waals surface area (Å²) in [5.74, 6) is 0.419. The number of aromatic nitrogens is 3. The fraction of sp³-hybridized carbons (Fsp3) is 0.381. The minimum absolute atomic E-state index is 0.0376. The monoisotopic (exact) mass is 443 g/mol. The summed E-state index contributed by atoms with van der Waals surface area (Å²) in [6.45, 7) is 2.33. The summed E-state index contributed by atoms with van der Waals surface area (Å²) >= 11 is 1.33. The van der Waals surface area contributed by atoms with Gasteiger partial charge in [-0.15, -0.1) is 11.3 Å². The van der Waals surface area contributed by atoms with Gasteiger partial charge in [-0.1, -0.05) is 12.1 Å². The number of amides is 1. The maximum atomic E-state index is 12.1. The van der Waals surface area contributed by atoms with Crippen molar-refractivity contribution >= 4 is 17.2 Å². The van der Waals surface area contributed by atoms with Crippen LogP contribution in [-0.4, -0.2) is 73.7 Å². The van der Waals surface area contributed by atoms with Crippen LogP contribution in [0.1, 0.15) is 16.1 Å². The number of carbonyl (C=O) groups is 1. The number of likely N-dealkylation sites (tertiary alicyclic amines) is 1. The van der Waals surface area contributed by atoms with E-state index in [-0.39, 0.29) is 19.0 Å². The molecule has 0 bridgehead atoms. The lowest BCUT2D eigenvalue weighted by atomic mass is 10.0. The summed E-state index contributed by atoms with van der Waals surface area (Å²) in [4.78, 5) is 18.0. The Hall–Kier alpha value is -2.79. The first-order valence-corrected chi connectivity index (χ1v) is 10.9. The number of hydrogen-bond donors (Lipinski definition) is 3. The average Bonchev–Trinajstić information content (AvgIpc) is 3.51. The molecule has 0 radical (unpaired) electrons. The molecule has 3 heterocycles. The number of aliphatic hydroxyl groups excluding tert-OH is 1. The second-order valence-corrected chi connectivity index (χ2v) is 8.33. The third kappa shape index (κ3) is 5.47. The molecule has 2 atom stereocenters. The van der Waals surface area contributed by atoms with Crippen molar-refractivity contribution in [1.82, 2.24) is 25.0 Å². The number of hydrogen-bond acceptors (Lipinski definition) is 8. The molecule has 3 N–H and O–H groups in total. The predicted molar refractivity (Wildman–Crippen MR) is 115 cm³/mol. The largest absolute Gasteiger partial charge is 0.492 e. The topological polar surface area (TPSA) is 113 Å². The van der Waals surface area contributed by atoms with Gasteiger partial charge >= 0.3 is 0 Å². The van der Waals surface area contributed by atoms with Crippen LogP contribution in [0.2, 0.25) is 0 Å². The average molecular weight is 444 g/mol. The van der Waals surface area contributed by atoms with Crippen molar-refractivity contribution in [3.8, 4) is 5.75 Å². The molecule has 2 aromatic heterocycles. The first kappa shape index (κ1) is 21.4. The molecule has 1 fully saturated rings. The third-order valence-corrected chi connectivity index (χ3v) is 5.83. The van der Waals surface area contributed by atoms with E-state index in [1.807, 2.05) is 46.1 Å². The summed E-state index contributed by atoms with van der Waals surface area (Å²) in [6.07, 6.45) is 2.68. The lowest BCUT2D eigenvalue weighted by molar-refractivity contribution is -0.0377. The minimum Gasteiger partial charge on any atom is -0.492 e. The van der Waals surface area contributed by atoms with E-state index in [9.17, 15) is 15.0 Å². The summed E-state index contributed by atoms with van der Waals surface area (Å²) in [5.41, 5.74) is 1.53. The summed E-state index contributed by atoms with van der Waals surface area (Å²) in [5, 5.41) is 29.6. The predicted octanol–water partition coefficient (Wildman–Crippen LogP) is 0.756. The van der Waals surface area contributed by atoms with Gasteiger partial charge in [-0.25, -0.2) is 4.98 Å². The Morgan fingerprint density at radius 2 is 2.19 bits per heavy atom. The van der Waals surface area contributed by atoms with Crippen molar-refractivity contribution in [3.63, 3.8) is 0 Å². The van der Waals surface area contributed by atoms with Gasteiger partial charge in [0.05, 0.1) is 24.7 Å². The Bertz CT molecular complexity index is 964. The van der Waals surface area contributed by atoms with Crippen LogP contribution in [0.3, 0.4) is 0 Å². The van der Waals surface area contributed by atoms with Crippen LogP contribution in [0.4, 0.5) is 0 Å². The Kier molecular flexibility index (Phi) is 6.62. The van der Waals surface area contributed by atoms with Crippen molar-refractivity contribution < 1.29 is 19.7 Å². The Balaban J connectivity index is 1.25. The number of nitrogens with one attached hydrogen (secondary N) is 1. The van der Waals surface area contributed by atoms with E-state index in [1.165, 1.54) is 11.3 Å². The van der Waals surface area contributed by atoms with E-state index in [1.54, 1.807) is 17.1 Å². The second kappa shape index (κ2) is 9.56. The standard InChI is InChI=1S/C21H25N5O4S/c27-19-11-25(14-21(19,29)13-22-20(28)18-12-31-15-23-18)10-16-2-4-17(5-3-16)30-9-8-26-7-1-6-24-26/h1-7,12,15,19,27,29H,8-11,13-14H2,(H,22,28)/t19-,21+/m1/s1. The zero-order chi connectivity index (χ0) is 21.7. The van der Waals surface area contributed by atoms with Crippen LogP contribution in [0.5, 0.6) is 5.75 Å². The highest BCUT2D eigenvalue weighted by molar-refractivity contribution is 7.07. The molecule has 0 aliphatic carbocycles. The van der Waals surface area contributed by atoms with Crippen LogP contribution >= 0.6 is 11.3 Å². The van der Waals surface area contributed by atoms with E-state index >= 15 is 0 Å². The molecule has 0 saturated carbocycles. The van der Waals surface area contributed by atoms with Crippen molar-refractivity contribution in [1.29, 1.82) is 0 Å². The van der Waals surface area contributed by atoms with Gasteiger partial charge in [0.25, 0.3) is 5.91 Å². The molecule has 1 aliphatic rings. The molecule has 1 amide bonds. The fourth-order valence-corrected chi connectivity index (χ4v) is 4.09. The molecule has 164 valence electrons. The summed E-state index contributed by atoms with van der Waals surface area (Å²) < 4.78 is 7.55. The van der Waals surface area contributed by atoms with Gasteiger partial charge in [-0.3, -0.25) is 14.4 Å². The number of aliphatic hydroxyl groups is 2. The molecular weight excluding hydrogens is 418 g/mol. The molecular formula is C21H25N5O4S. The molecule has 3 aromatic rings. The van der Waals surface area contributed by atoms with Crippen molar-refractivity contribution in [2.75, 3.05) is 26.2 Å². The lowest BCUT2D eigenvalue weighted by Gasteiger charge is -2.26. The van der Waals surface area contributed by atoms with Crippen LogP contribution in [0.15, 0.2) is 53.6 Å². The van der Waals surface area contributed by atoms with Gasteiger partial charge in [0.15, 0.2) is 0 Å². The fourth-order valence-electron chi connectivity index (χ4n) is 3.55. The quantitative estimate of drug-likeness (QED) is 0.447. The van der Waals surface area contributed by atoms with Gasteiger partial charge in [0, 0.05) is 37.4 Å². The molecule has 0 unspecified atom stereocenters. The van der Waals surface area contributed by atoms with Crippen LogP contribution in [-0.2, 0) is 13.1 Å². The van der Waals surface area contributed by atoms with Crippen molar-refractivity contribution in [2.24, 2.45) is 0 Å². The number of ether oxygens (including phenoxy) is 1. The van der Waals surface area contributed by atoms with Crippen molar-refractivity contribution in [2.45, 2.75) is 24.8 Å². The van der Waals surface area contributed by atoms with Gasteiger partial charge in [-0.2, -0.15) is 5.10 Å². The van der Waals surface area contributed by atoms with Crippen molar-refractivity contribution in [3.05, 3.63) is 64.9 Å². The highest BCUT2D eigenvalue weighted by Crippen LogP contribution is 2.24. The summed E-state index contributed by atoms with van der Waals surface area (Å²) in [7, 11) is 0. The molecule has 31 heavy (non-hydrogen) atoms. The second-order valence-electron chi connectivity index (χ2n) is 7.61. The number of nitrogens with zero attached hydrogens (tertiary/aromatic N) is 4. The van der Waals surface area contributed by atoms with Gasteiger partial charge in [0.2, 0.25) is 0 Å². The number of β-amino-alcohol motifs (C(OH)–C–C–N with tert-alkyl or cyclic N) is 2. The maximum Gasteiger partial charge on any atom is 0.270 e. The Labute approximate surface area is 183 Å². The molecule has 1 aliphatic heterocycles. The zero-order valence-electron chi connectivity index (χ0n) is 16.9. The first-order chi connectivity index (χ1) is 15.0. The van der Waals surface area contributed by atoms with E-state index in [0.717, 1.165) is 11.3 Å². The SMILES string of the molecule is O=C(NC[C@]1(O)CN(Cc2ccc(OCCn3cccn3)cc2)C[C@H]1O)c1cscn1. The number of thiazole rings is 1. The molecule has 0 spiro atoms. The van der Waals surface area contributed by atoms with E-state index in [0.29, 0.717) is 31.9 Å². The minimum atomic E-state index is -1.40. The Morgan fingerprint density at radius 1 is 1.35 bits per heavy atom. The molecule has 1 aromatic carbocycles. The van der Waals surface area contributed by atoms with Crippen LogP contribution in [0.25, 0.3) is 0 Å². The van der Waals surface area contributed by atoms with Crippen LogP contribution in [0, 0.1) is 0 Å². The smallest absolute Gasteiger partial charge is 0.270 e. The first-order valence-electron chi connectivity index (χ1n) is 10.0. The normalized spacial score (nSPS) is 21.3. The zero-order valence-corrected chi connectivity index (χ0v) is 17.7. The van der Waals surface area contributed by atoms with Gasteiger partial charge in [0.1, 0.15) is 23.7 Å². The summed E-state index contributed by atoms with van der Waals surface area (Å²) in [6, 6.07) is 9.63. The molecule has 9 nitrogen and oxygen atoms in total. The molecule has 10 heteroatoms. The third-order valence-electron chi connectivity index (χ3n) is 5.25.